The van der Waals surface area contributed by atoms with Crippen LogP contribution in [0.2, 0.25) is 0 Å². The Labute approximate surface area is 137 Å². The number of nitrogens with one attached hydrogen (secondary N) is 1. The highest BCUT2D eigenvalue weighted by molar-refractivity contribution is 6.09. The van der Waals surface area contributed by atoms with Crippen molar-refractivity contribution in [2.45, 2.75) is 0 Å². The quantitative estimate of drug-likeness (QED) is 0.391. The molecule has 1 aromatic carbocycles. The van der Waals surface area contributed by atoms with Crippen molar-refractivity contribution in [1.29, 1.82) is 5.26 Å². The Morgan fingerprint density at radius 1 is 1.38 bits per heavy atom. The maximum Gasteiger partial charge on any atom is 0.271 e. The first-order valence-corrected chi connectivity index (χ1v) is 6.85. The van der Waals surface area contributed by atoms with Crippen LogP contribution in [0.25, 0.3) is 6.08 Å². The maximum absolute atomic E-state index is 12.1. The largest absolute Gasteiger partial charge is 0.441 e. The molecule has 1 aromatic heterocycles. The molecule has 2 aromatic rings. The number of nitro groups is 1. The van der Waals surface area contributed by atoms with Gasteiger partial charge in [-0.15, -0.1) is 0 Å². The van der Waals surface area contributed by atoms with E-state index in [0.717, 1.165) is 0 Å². The monoisotopic (exact) mass is 326 g/mol. The SMILES string of the molecule is CN(C)c1ccc(/C=C(\C#N)C(=O)Nc2cccc([N+](=O)[O-])c2)o1. The molecule has 1 amide bonds. The number of nitrogens with zero attached hydrogens (tertiary/aromatic N) is 3. The molecule has 0 radical (unpaired) electrons. The fraction of sp³-hybridized carbons (Fsp3) is 0.125. The van der Waals surface area contributed by atoms with Crippen LogP contribution in [0.5, 0.6) is 0 Å². The number of nitro benzene ring substituents is 1. The second-order valence-electron chi connectivity index (χ2n) is 5.00. The summed E-state index contributed by atoms with van der Waals surface area (Å²) < 4.78 is 5.46. The number of furan rings is 1. The molecule has 0 unspecified atom stereocenters. The summed E-state index contributed by atoms with van der Waals surface area (Å²) in [4.78, 5) is 24.1. The third-order valence-electron chi connectivity index (χ3n) is 3.02. The molecular formula is C16H14N4O4. The van der Waals surface area contributed by atoms with Crippen LogP contribution in [0.1, 0.15) is 5.76 Å². The van der Waals surface area contributed by atoms with E-state index in [4.69, 9.17) is 9.68 Å². The van der Waals surface area contributed by atoms with Crippen molar-refractivity contribution in [3.05, 3.63) is 57.8 Å². The van der Waals surface area contributed by atoms with Crippen LogP contribution < -0.4 is 10.2 Å². The van der Waals surface area contributed by atoms with E-state index in [1.165, 1.54) is 30.3 Å². The average Bonchev–Trinajstić information content (AvgIpc) is 3.01. The molecular weight excluding hydrogens is 312 g/mol. The van der Waals surface area contributed by atoms with E-state index in [1.54, 1.807) is 37.2 Å². The van der Waals surface area contributed by atoms with Gasteiger partial charge in [0.2, 0.25) is 0 Å². The summed E-state index contributed by atoms with van der Waals surface area (Å²) in [5.74, 6) is 0.253. The standard InChI is InChI=1S/C16H14N4O4/c1-19(2)15-7-6-14(24-15)8-11(10-17)16(21)18-12-4-3-5-13(9-12)20(22)23/h3-9H,1-2H3,(H,18,21)/b11-8+. The summed E-state index contributed by atoms with van der Waals surface area (Å²) in [7, 11) is 3.60. The van der Waals surface area contributed by atoms with E-state index in [1.807, 2.05) is 0 Å². The molecule has 8 nitrogen and oxygen atoms in total. The van der Waals surface area contributed by atoms with Crippen LogP contribution in [0.15, 0.2) is 46.4 Å². The normalized spacial score (nSPS) is 10.8. The number of amides is 1. The molecule has 0 saturated carbocycles. The first kappa shape index (κ1) is 16.8. The van der Waals surface area contributed by atoms with Gasteiger partial charge in [-0.1, -0.05) is 6.07 Å². The molecule has 0 fully saturated rings. The van der Waals surface area contributed by atoms with E-state index in [2.05, 4.69) is 5.32 Å². The summed E-state index contributed by atoms with van der Waals surface area (Å²) in [5.41, 5.74) is -0.109. The van der Waals surface area contributed by atoms with Crippen molar-refractivity contribution in [2.75, 3.05) is 24.3 Å². The summed E-state index contributed by atoms with van der Waals surface area (Å²) in [6, 6.07) is 10.6. The minimum absolute atomic E-state index is 0.156. The number of hydrogen-bond donors (Lipinski definition) is 1. The number of nitriles is 1. The van der Waals surface area contributed by atoms with Gasteiger partial charge >= 0.3 is 0 Å². The molecule has 0 saturated heterocycles. The lowest BCUT2D eigenvalue weighted by atomic mass is 10.2. The zero-order valence-electron chi connectivity index (χ0n) is 13.0. The van der Waals surface area contributed by atoms with Crippen molar-refractivity contribution in [1.82, 2.24) is 0 Å². The highest BCUT2D eigenvalue weighted by atomic mass is 16.6. The molecule has 24 heavy (non-hydrogen) atoms. The molecule has 0 spiro atoms. The highest BCUT2D eigenvalue weighted by Gasteiger charge is 2.13. The Kier molecular flexibility index (Phi) is 4.96. The van der Waals surface area contributed by atoms with Crippen molar-refractivity contribution >= 4 is 29.2 Å². The van der Waals surface area contributed by atoms with Crippen LogP contribution in [0.3, 0.4) is 0 Å². The summed E-state index contributed by atoms with van der Waals surface area (Å²) in [6.45, 7) is 0. The molecule has 1 N–H and O–H groups in total. The minimum atomic E-state index is -0.680. The van der Waals surface area contributed by atoms with Crippen LogP contribution in [0, 0.1) is 21.4 Å². The predicted octanol–water partition coefficient (Wildman–Crippen LogP) is 2.80. The first-order valence-electron chi connectivity index (χ1n) is 6.85. The lowest BCUT2D eigenvalue weighted by Crippen LogP contribution is -2.13. The number of rotatable bonds is 5. The van der Waals surface area contributed by atoms with Crippen molar-refractivity contribution in [3.63, 3.8) is 0 Å². The van der Waals surface area contributed by atoms with E-state index in [9.17, 15) is 14.9 Å². The molecule has 2 rings (SSSR count). The number of benzene rings is 1. The third-order valence-corrected chi connectivity index (χ3v) is 3.02. The summed E-state index contributed by atoms with van der Waals surface area (Å²) in [6.07, 6.45) is 1.31. The van der Waals surface area contributed by atoms with E-state index >= 15 is 0 Å². The van der Waals surface area contributed by atoms with Gasteiger partial charge in [0, 0.05) is 44.1 Å². The van der Waals surface area contributed by atoms with Crippen LogP contribution in [-0.4, -0.2) is 24.9 Å². The molecule has 8 heteroatoms. The van der Waals surface area contributed by atoms with Crippen molar-refractivity contribution in [3.8, 4) is 6.07 Å². The topological polar surface area (TPSA) is 112 Å². The number of carbonyl (C=O) groups is 1. The Hall–Kier alpha value is -3.60. The lowest BCUT2D eigenvalue weighted by Gasteiger charge is -2.06. The van der Waals surface area contributed by atoms with Gasteiger partial charge < -0.3 is 14.6 Å². The Balaban J connectivity index is 2.19. The fourth-order valence-corrected chi connectivity index (χ4v) is 1.85. The molecule has 1 heterocycles. The van der Waals surface area contributed by atoms with E-state index < -0.39 is 10.8 Å². The molecule has 0 bridgehead atoms. The Morgan fingerprint density at radius 2 is 2.12 bits per heavy atom. The molecule has 0 aliphatic heterocycles. The predicted molar refractivity (Wildman–Crippen MR) is 88.4 cm³/mol. The minimum Gasteiger partial charge on any atom is -0.441 e. The van der Waals surface area contributed by atoms with Crippen LogP contribution in [-0.2, 0) is 4.79 Å². The van der Waals surface area contributed by atoms with Gasteiger partial charge in [-0.3, -0.25) is 14.9 Å². The fourth-order valence-electron chi connectivity index (χ4n) is 1.85. The van der Waals surface area contributed by atoms with Crippen LogP contribution >= 0.6 is 0 Å². The van der Waals surface area contributed by atoms with Gasteiger partial charge in [-0.25, -0.2) is 0 Å². The zero-order chi connectivity index (χ0) is 17.7. The number of carbonyl (C=O) groups excluding carboxylic acids is 1. The van der Waals surface area contributed by atoms with E-state index in [0.29, 0.717) is 11.6 Å². The second kappa shape index (κ2) is 7.11. The number of anilines is 2. The Morgan fingerprint density at radius 3 is 2.71 bits per heavy atom. The van der Waals surface area contributed by atoms with Gasteiger partial charge in [0.1, 0.15) is 17.4 Å². The summed E-state index contributed by atoms with van der Waals surface area (Å²) >= 11 is 0. The lowest BCUT2D eigenvalue weighted by molar-refractivity contribution is -0.384. The molecule has 0 aliphatic carbocycles. The Bertz CT molecular complexity index is 846. The van der Waals surface area contributed by atoms with Gasteiger partial charge in [0.25, 0.3) is 11.6 Å². The van der Waals surface area contributed by atoms with Gasteiger partial charge in [0.05, 0.1) is 4.92 Å². The first-order chi connectivity index (χ1) is 11.4. The summed E-state index contributed by atoms with van der Waals surface area (Å²) in [5, 5.41) is 22.3. The zero-order valence-corrected chi connectivity index (χ0v) is 13.0. The average molecular weight is 326 g/mol. The number of non-ortho nitro benzene ring substituents is 1. The molecule has 0 aliphatic rings. The third kappa shape index (κ3) is 3.98. The van der Waals surface area contributed by atoms with Gasteiger partial charge in [-0.2, -0.15) is 5.26 Å². The van der Waals surface area contributed by atoms with Gasteiger partial charge in [0.15, 0.2) is 5.88 Å². The van der Waals surface area contributed by atoms with Crippen molar-refractivity contribution < 1.29 is 14.1 Å². The van der Waals surface area contributed by atoms with Crippen LogP contribution in [0.4, 0.5) is 17.3 Å². The molecule has 122 valence electrons. The smallest absolute Gasteiger partial charge is 0.271 e. The van der Waals surface area contributed by atoms with E-state index in [-0.39, 0.29) is 16.9 Å². The second-order valence-corrected chi connectivity index (χ2v) is 5.00. The van der Waals surface area contributed by atoms with Crippen molar-refractivity contribution in [2.24, 2.45) is 0 Å². The maximum atomic E-state index is 12.1. The van der Waals surface area contributed by atoms with Gasteiger partial charge in [-0.05, 0) is 12.1 Å². The molecule has 0 atom stereocenters. The number of hydrogen-bond acceptors (Lipinski definition) is 6. The highest BCUT2D eigenvalue weighted by Crippen LogP contribution is 2.20.